The molecule has 20 heavy (non-hydrogen) atoms. The lowest BCUT2D eigenvalue weighted by Crippen LogP contribution is -2.37. The number of nitrogens with one attached hydrogen (secondary N) is 1. The minimum atomic E-state index is -3.87. The van der Waals surface area contributed by atoms with Gasteiger partial charge in [0.1, 0.15) is 20.5 Å². The number of sulfonamides is 1. The molecule has 0 aliphatic heterocycles. The molecule has 1 aromatic carbocycles. The van der Waals surface area contributed by atoms with Crippen molar-refractivity contribution in [2.24, 2.45) is 0 Å². The first-order valence-electron chi connectivity index (χ1n) is 5.59. The third-order valence-corrected chi connectivity index (χ3v) is 5.53. The molecular weight excluding hydrogens is 370 g/mol. The fourth-order valence-corrected chi connectivity index (χ4v) is 4.73. The summed E-state index contributed by atoms with van der Waals surface area (Å²) in [6.45, 7) is 1.49. The Morgan fingerprint density at radius 2 is 1.90 bits per heavy atom. The number of ether oxygens (including phenoxy) is 1. The van der Waals surface area contributed by atoms with Gasteiger partial charge in [-0.2, -0.15) is 0 Å². The summed E-state index contributed by atoms with van der Waals surface area (Å²) in [7, 11) is -5.77. The van der Waals surface area contributed by atoms with Crippen molar-refractivity contribution in [3.05, 3.63) is 22.7 Å². The standard InChI is InChI=1S/C11H16BrNO5S2/c1-8(7-19(3,14)15)13-20(16,17)11-6-9(12)4-5-10(11)18-2/h4-6,8,13H,7H2,1-3H3. The summed E-state index contributed by atoms with van der Waals surface area (Å²) in [6, 6.07) is 3.82. The van der Waals surface area contributed by atoms with Crippen LogP contribution in [0, 0.1) is 0 Å². The van der Waals surface area contributed by atoms with Crippen LogP contribution in [0.5, 0.6) is 5.75 Å². The number of hydrogen-bond acceptors (Lipinski definition) is 5. The molecule has 0 heterocycles. The first-order valence-corrected chi connectivity index (χ1v) is 9.92. The summed E-state index contributed by atoms with van der Waals surface area (Å²) < 4.78 is 54.8. The Labute approximate surface area is 127 Å². The average molecular weight is 386 g/mol. The Balaban J connectivity index is 3.08. The summed E-state index contributed by atoms with van der Waals surface area (Å²) in [5.41, 5.74) is 0. The van der Waals surface area contributed by atoms with Crippen molar-refractivity contribution >= 4 is 35.8 Å². The highest BCUT2D eigenvalue weighted by Crippen LogP contribution is 2.27. The predicted octanol–water partition coefficient (Wildman–Crippen LogP) is 1.17. The smallest absolute Gasteiger partial charge is 0.244 e. The number of benzene rings is 1. The molecule has 0 bridgehead atoms. The van der Waals surface area contributed by atoms with Crippen molar-refractivity contribution in [1.29, 1.82) is 0 Å². The molecule has 1 N–H and O–H groups in total. The quantitative estimate of drug-likeness (QED) is 0.793. The average Bonchev–Trinajstić information content (AvgIpc) is 2.25. The van der Waals surface area contributed by atoms with Crippen LogP contribution in [-0.2, 0) is 19.9 Å². The summed E-state index contributed by atoms with van der Waals surface area (Å²) >= 11 is 3.19. The second kappa shape index (κ2) is 6.42. The van der Waals surface area contributed by atoms with E-state index in [1.54, 1.807) is 6.07 Å². The van der Waals surface area contributed by atoms with Crippen LogP contribution in [0.25, 0.3) is 0 Å². The van der Waals surface area contributed by atoms with Gasteiger partial charge in [0.25, 0.3) is 0 Å². The van der Waals surface area contributed by atoms with Gasteiger partial charge in [-0.05, 0) is 25.1 Å². The van der Waals surface area contributed by atoms with Crippen LogP contribution in [0.3, 0.4) is 0 Å². The third kappa shape index (κ3) is 5.04. The third-order valence-electron chi connectivity index (χ3n) is 2.32. The molecule has 0 aliphatic rings. The molecule has 0 saturated carbocycles. The molecule has 114 valence electrons. The van der Waals surface area contributed by atoms with E-state index in [0.29, 0.717) is 4.47 Å². The number of sulfone groups is 1. The molecule has 0 spiro atoms. The van der Waals surface area contributed by atoms with Gasteiger partial charge in [-0.25, -0.2) is 21.6 Å². The summed E-state index contributed by atoms with van der Waals surface area (Å²) in [6.07, 6.45) is 1.05. The molecule has 6 nitrogen and oxygen atoms in total. The van der Waals surface area contributed by atoms with Gasteiger partial charge in [-0.3, -0.25) is 0 Å². The molecule has 0 fully saturated rings. The van der Waals surface area contributed by atoms with E-state index in [2.05, 4.69) is 20.7 Å². The van der Waals surface area contributed by atoms with E-state index >= 15 is 0 Å². The molecule has 0 aromatic heterocycles. The normalized spacial score (nSPS) is 14.0. The Bertz CT molecular complexity index is 685. The lowest BCUT2D eigenvalue weighted by molar-refractivity contribution is 0.402. The van der Waals surface area contributed by atoms with Crippen molar-refractivity contribution in [2.45, 2.75) is 17.9 Å². The SMILES string of the molecule is COc1ccc(Br)cc1S(=O)(=O)NC(C)CS(C)(=O)=O. The lowest BCUT2D eigenvalue weighted by Gasteiger charge is -2.15. The maximum atomic E-state index is 12.3. The van der Waals surface area contributed by atoms with E-state index in [1.807, 2.05) is 0 Å². The topological polar surface area (TPSA) is 89.5 Å². The van der Waals surface area contributed by atoms with Crippen LogP contribution in [0.4, 0.5) is 0 Å². The second-order valence-corrected chi connectivity index (χ2v) is 9.19. The first kappa shape index (κ1) is 17.4. The van der Waals surface area contributed by atoms with Gasteiger partial charge in [0.05, 0.1) is 12.9 Å². The highest BCUT2D eigenvalue weighted by atomic mass is 79.9. The van der Waals surface area contributed by atoms with Crippen molar-refractivity contribution in [3.63, 3.8) is 0 Å². The number of rotatable bonds is 6. The lowest BCUT2D eigenvalue weighted by atomic mass is 10.3. The summed E-state index contributed by atoms with van der Waals surface area (Å²) in [5, 5.41) is 0. The molecule has 1 unspecified atom stereocenters. The van der Waals surface area contributed by atoms with Crippen molar-refractivity contribution in [1.82, 2.24) is 4.72 Å². The van der Waals surface area contributed by atoms with E-state index < -0.39 is 25.9 Å². The minimum Gasteiger partial charge on any atom is -0.495 e. The van der Waals surface area contributed by atoms with Gasteiger partial charge < -0.3 is 4.74 Å². The minimum absolute atomic E-state index is 0.0465. The van der Waals surface area contributed by atoms with E-state index in [4.69, 9.17) is 4.74 Å². The highest BCUT2D eigenvalue weighted by molar-refractivity contribution is 9.10. The molecule has 0 amide bonds. The zero-order valence-electron chi connectivity index (χ0n) is 11.3. The van der Waals surface area contributed by atoms with Crippen molar-refractivity contribution < 1.29 is 21.6 Å². The van der Waals surface area contributed by atoms with E-state index in [1.165, 1.54) is 26.2 Å². The number of halogens is 1. The molecule has 0 aliphatic carbocycles. The largest absolute Gasteiger partial charge is 0.495 e. The molecule has 1 aromatic rings. The Morgan fingerprint density at radius 3 is 2.40 bits per heavy atom. The molecule has 0 radical (unpaired) electrons. The highest BCUT2D eigenvalue weighted by Gasteiger charge is 2.23. The van der Waals surface area contributed by atoms with Crippen LogP contribution in [0.1, 0.15) is 6.92 Å². The molecule has 0 saturated heterocycles. The number of hydrogen-bond donors (Lipinski definition) is 1. The van der Waals surface area contributed by atoms with E-state index in [9.17, 15) is 16.8 Å². The van der Waals surface area contributed by atoms with Gasteiger partial charge in [0, 0.05) is 16.8 Å². The molecule has 1 atom stereocenters. The monoisotopic (exact) mass is 385 g/mol. The van der Waals surface area contributed by atoms with Crippen molar-refractivity contribution in [2.75, 3.05) is 19.1 Å². The first-order chi connectivity index (χ1) is 9.05. The van der Waals surface area contributed by atoms with Crippen molar-refractivity contribution in [3.8, 4) is 5.75 Å². The number of methoxy groups -OCH3 is 1. The van der Waals surface area contributed by atoms with Gasteiger partial charge in [0.2, 0.25) is 10.0 Å². The summed E-state index contributed by atoms with van der Waals surface area (Å²) in [4.78, 5) is -0.0465. The predicted molar refractivity (Wildman–Crippen MR) is 80.2 cm³/mol. The Hall–Kier alpha value is -0.640. The molecular formula is C11H16BrNO5S2. The van der Waals surface area contributed by atoms with Gasteiger partial charge >= 0.3 is 0 Å². The van der Waals surface area contributed by atoms with Crippen LogP contribution in [0.2, 0.25) is 0 Å². The van der Waals surface area contributed by atoms with Crippen LogP contribution in [-0.4, -0.2) is 42.0 Å². The Kier molecular flexibility index (Phi) is 5.59. The zero-order valence-corrected chi connectivity index (χ0v) is 14.5. The Morgan fingerprint density at radius 1 is 1.30 bits per heavy atom. The molecule has 9 heteroatoms. The molecule has 1 rings (SSSR count). The fraction of sp³-hybridized carbons (Fsp3) is 0.455. The fourth-order valence-electron chi connectivity index (χ4n) is 1.68. The second-order valence-electron chi connectivity index (χ2n) is 4.41. The van der Waals surface area contributed by atoms with E-state index in [-0.39, 0.29) is 16.4 Å². The van der Waals surface area contributed by atoms with Crippen LogP contribution >= 0.6 is 15.9 Å². The summed E-state index contributed by atoms with van der Waals surface area (Å²) in [5.74, 6) is -0.0880. The van der Waals surface area contributed by atoms with Gasteiger partial charge in [-0.15, -0.1) is 0 Å². The van der Waals surface area contributed by atoms with Crippen LogP contribution in [0.15, 0.2) is 27.6 Å². The zero-order chi connectivity index (χ0) is 15.6. The van der Waals surface area contributed by atoms with E-state index in [0.717, 1.165) is 6.26 Å². The maximum Gasteiger partial charge on any atom is 0.244 e. The maximum absolute atomic E-state index is 12.3. The van der Waals surface area contributed by atoms with Gasteiger partial charge in [-0.1, -0.05) is 15.9 Å². The van der Waals surface area contributed by atoms with Crippen LogP contribution < -0.4 is 9.46 Å². The van der Waals surface area contributed by atoms with Gasteiger partial charge in [0.15, 0.2) is 0 Å².